The Bertz CT molecular complexity index is 1030. The molecular formula is C18H16N6O3. The third-order valence-electron chi connectivity index (χ3n) is 5.10. The van der Waals surface area contributed by atoms with Gasteiger partial charge in [0.25, 0.3) is 0 Å². The Kier molecular flexibility index (Phi) is 3.44. The Morgan fingerprint density at radius 1 is 1.26 bits per heavy atom. The van der Waals surface area contributed by atoms with Gasteiger partial charge in [-0.15, -0.1) is 5.10 Å². The minimum absolute atomic E-state index is 0.142. The lowest BCUT2D eigenvalue weighted by Crippen LogP contribution is -2.34. The highest BCUT2D eigenvalue weighted by Crippen LogP contribution is 2.40. The van der Waals surface area contributed by atoms with Crippen molar-refractivity contribution in [2.24, 2.45) is 7.05 Å². The number of ether oxygens (including phenoxy) is 1. The Morgan fingerprint density at radius 2 is 2.11 bits per heavy atom. The smallest absolute Gasteiger partial charge is 0.415 e. The van der Waals surface area contributed by atoms with Crippen LogP contribution < -0.4 is 4.90 Å². The van der Waals surface area contributed by atoms with E-state index >= 15 is 0 Å². The van der Waals surface area contributed by atoms with Crippen LogP contribution in [0.25, 0.3) is 22.6 Å². The average molecular weight is 364 g/mol. The summed E-state index contributed by atoms with van der Waals surface area (Å²) in [5.74, 6) is 0.602. The van der Waals surface area contributed by atoms with Crippen LogP contribution in [0.4, 0.5) is 10.5 Å². The second-order valence-electron chi connectivity index (χ2n) is 6.65. The molecule has 2 aromatic heterocycles. The number of anilines is 1. The molecule has 4 heterocycles. The van der Waals surface area contributed by atoms with Crippen LogP contribution in [0.15, 0.2) is 36.5 Å². The van der Waals surface area contributed by atoms with E-state index in [4.69, 9.17) is 4.74 Å². The number of pyridine rings is 1. The van der Waals surface area contributed by atoms with Gasteiger partial charge in [0, 0.05) is 18.8 Å². The fraction of sp³-hybridized carbons (Fsp3) is 0.278. The first-order valence-electron chi connectivity index (χ1n) is 8.58. The zero-order valence-electron chi connectivity index (χ0n) is 14.5. The number of aryl methyl sites for hydroxylation is 1. The van der Waals surface area contributed by atoms with Crippen molar-refractivity contribution < 1.29 is 14.6 Å². The van der Waals surface area contributed by atoms with E-state index in [1.165, 1.54) is 0 Å². The highest BCUT2D eigenvalue weighted by atomic mass is 16.6. The maximum atomic E-state index is 12.1. The minimum Gasteiger partial charge on any atom is -0.441 e. The van der Waals surface area contributed by atoms with Crippen LogP contribution in [0, 0.1) is 0 Å². The van der Waals surface area contributed by atoms with Gasteiger partial charge in [0.1, 0.15) is 11.8 Å². The van der Waals surface area contributed by atoms with Crippen molar-refractivity contribution >= 4 is 11.8 Å². The minimum atomic E-state index is -0.477. The molecule has 2 unspecified atom stereocenters. The second-order valence-corrected chi connectivity index (χ2v) is 6.65. The largest absolute Gasteiger partial charge is 0.441 e. The Labute approximate surface area is 154 Å². The van der Waals surface area contributed by atoms with E-state index in [1.54, 1.807) is 22.8 Å². The van der Waals surface area contributed by atoms with Gasteiger partial charge in [-0.3, -0.25) is 9.88 Å². The molecule has 2 atom stereocenters. The highest BCUT2D eigenvalue weighted by Gasteiger charge is 2.47. The Morgan fingerprint density at radius 3 is 2.81 bits per heavy atom. The van der Waals surface area contributed by atoms with Gasteiger partial charge in [0.05, 0.1) is 18.3 Å². The molecule has 9 nitrogen and oxygen atoms in total. The van der Waals surface area contributed by atoms with E-state index in [-0.39, 0.29) is 12.6 Å². The number of nitrogens with zero attached hydrogens (tertiary/aromatic N) is 6. The van der Waals surface area contributed by atoms with Crippen molar-refractivity contribution in [2.75, 3.05) is 11.5 Å². The number of fused-ring (bicyclic) bond motifs is 3. The van der Waals surface area contributed by atoms with Crippen LogP contribution in [-0.4, -0.2) is 55.1 Å². The number of tetrazole rings is 1. The molecule has 1 saturated heterocycles. The number of carbonyl (C=O) groups excluding carboxylic acids is 1. The van der Waals surface area contributed by atoms with Crippen LogP contribution in [0.1, 0.15) is 5.56 Å². The van der Waals surface area contributed by atoms with Crippen molar-refractivity contribution in [3.8, 4) is 22.6 Å². The van der Waals surface area contributed by atoms with Crippen LogP contribution in [-0.2, 0) is 18.2 Å². The van der Waals surface area contributed by atoms with E-state index < -0.39 is 12.2 Å². The zero-order chi connectivity index (χ0) is 18.5. The quantitative estimate of drug-likeness (QED) is 0.744. The zero-order valence-corrected chi connectivity index (χ0v) is 14.5. The van der Waals surface area contributed by atoms with Gasteiger partial charge < -0.3 is 9.84 Å². The van der Waals surface area contributed by atoms with Gasteiger partial charge in [0.2, 0.25) is 0 Å². The van der Waals surface area contributed by atoms with Crippen molar-refractivity contribution in [1.82, 2.24) is 25.2 Å². The van der Waals surface area contributed by atoms with Crippen molar-refractivity contribution in [2.45, 2.75) is 18.6 Å². The second kappa shape index (κ2) is 5.85. The Hall–Kier alpha value is -3.33. The first kappa shape index (κ1) is 15.9. The molecule has 9 heteroatoms. The van der Waals surface area contributed by atoms with Gasteiger partial charge in [-0.1, -0.05) is 12.1 Å². The summed E-state index contributed by atoms with van der Waals surface area (Å²) in [5, 5.41) is 20.8. The number of benzene rings is 1. The summed E-state index contributed by atoms with van der Waals surface area (Å²) in [5.41, 5.74) is 4.58. The van der Waals surface area contributed by atoms with Crippen LogP contribution in [0.5, 0.6) is 0 Å². The molecule has 1 N–H and O–H groups in total. The molecular weight excluding hydrogens is 348 g/mol. The summed E-state index contributed by atoms with van der Waals surface area (Å²) in [4.78, 5) is 18.2. The summed E-state index contributed by atoms with van der Waals surface area (Å²) in [6, 6.07) is 9.66. The molecule has 0 radical (unpaired) electrons. The summed E-state index contributed by atoms with van der Waals surface area (Å²) < 4.78 is 6.79. The summed E-state index contributed by atoms with van der Waals surface area (Å²) in [7, 11) is 1.77. The highest BCUT2D eigenvalue weighted by molar-refractivity contribution is 5.94. The SMILES string of the molecule is Cn1nnnc1-c1ccc(-c2ccc3c(c2)CC2C(CO)OC(=O)N32)cn1. The molecule has 3 aromatic rings. The normalized spacial score (nSPS) is 20.5. The monoisotopic (exact) mass is 364 g/mol. The molecule has 2 aliphatic heterocycles. The van der Waals surface area contributed by atoms with Gasteiger partial charge >= 0.3 is 6.09 Å². The van der Waals surface area contributed by atoms with Crippen LogP contribution >= 0.6 is 0 Å². The molecule has 27 heavy (non-hydrogen) atoms. The van der Waals surface area contributed by atoms with Gasteiger partial charge in [-0.25, -0.2) is 9.48 Å². The number of cyclic esters (lactones) is 1. The first-order valence-corrected chi connectivity index (χ1v) is 8.58. The molecule has 136 valence electrons. The molecule has 2 aliphatic rings. The standard InChI is InChI=1S/C18H16N6O3/c1-23-17(20-21-22-23)13-4-2-11(8-19-13)10-3-5-14-12(6-10)7-15-16(9-25)27-18(26)24(14)15/h2-6,8,15-16,25H,7,9H2,1H3. The number of hydrogen-bond donors (Lipinski definition) is 1. The van der Waals surface area contributed by atoms with Gasteiger partial charge in [-0.2, -0.15) is 0 Å². The number of aliphatic hydroxyl groups excluding tert-OH is 1. The van der Waals surface area contributed by atoms with E-state index in [2.05, 4.69) is 26.6 Å². The molecule has 0 bridgehead atoms. The summed E-state index contributed by atoms with van der Waals surface area (Å²) in [6.45, 7) is -0.171. The molecule has 0 spiro atoms. The number of aliphatic hydroxyl groups is 1. The molecule has 0 aliphatic carbocycles. The van der Waals surface area contributed by atoms with Crippen LogP contribution in [0.2, 0.25) is 0 Å². The number of hydrogen-bond acceptors (Lipinski definition) is 7. The van der Waals surface area contributed by atoms with E-state index in [0.29, 0.717) is 17.9 Å². The van der Waals surface area contributed by atoms with Crippen LogP contribution in [0.3, 0.4) is 0 Å². The van der Waals surface area contributed by atoms with E-state index in [0.717, 1.165) is 22.4 Å². The summed E-state index contributed by atoms with van der Waals surface area (Å²) >= 11 is 0. The average Bonchev–Trinajstić information content (AvgIpc) is 3.36. The number of carbonyl (C=O) groups is 1. The maximum Gasteiger partial charge on any atom is 0.415 e. The predicted molar refractivity (Wildman–Crippen MR) is 94.8 cm³/mol. The fourth-order valence-electron chi connectivity index (χ4n) is 3.76. The van der Waals surface area contributed by atoms with E-state index in [1.807, 2.05) is 24.3 Å². The molecule has 1 aromatic carbocycles. The third kappa shape index (κ3) is 2.39. The van der Waals surface area contributed by atoms with E-state index in [9.17, 15) is 9.90 Å². The van der Waals surface area contributed by atoms with Crippen molar-refractivity contribution in [1.29, 1.82) is 0 Å². The maximum absolute atomic E-state index is 12.1. The Balaban J connectivity index is 1.46. The molecule has 5 rings (SSSR count). The van der Waals surface area contributed by atoms with Gasteiger partial charge in [0.15, 0.2) is 5.82 Å². The third-order valence-corrected chi connectivity index (χ3v) is 5.10. The number of rotatable bonds is 3. The van der Waals surface area contributed by atoms with Crippen molar-refractivity contribution in [3.63, 3.8) is 0 Å². The topological polar surface area (TPSA) is 106 Å². The first-order chi connectivity index (χ1) is 13.2. The molecule has 0 saturated carbocycles. The van der Waals surface area contributed by atoms with Crippen molar-refractivity contribution in [3.05, 3.63) is 42.1 Å². The molecule has 1 fully saturated rings. The lowest BCUT2D eigenvalue weighted by molar-refractivity contribution is 0.0830. The summed E-state index contributed by atoms with van der Waals surface area (Å²) in [6.07, 6.45) is 1.58. The fourth-order valence-corrected chi connectivity index (χ4v) is 3.76. The predicted octanol–water partition coefficient (Wildman–Crippen LogP) is 1.18. The lowest BCUT2D eigenvalue weighted by atomic mass is 10.0. The number of amides is 1. The van der Waals surface area contributed by atoms with Gasteiger partial charge in [-0.05, 0) is 46.2 Å². The molecule has 1 amide bonds. The number of aromatic nitrogens is 5. The lowest BCUT2D eigenvalue weighted by Gasteiger charge is -2.14.